The van der Waals surface area contributed by atoms with Gasteiger partial charge in [-0.2, -0.15) is 13.1 Å². The zero-order valence-electron chi connectivity index (χ0n) is 17.3. The van der Waals surface area contributed by atoms with E-state index in [1.807, 2.05) is 0 Å². The molecule has 11 heteroatoms. The van der Waals surface area contributed by atoms with Crippen molar-refractivity contribution in [2.24, 2.45) is 7.05 Å². The summed E-state index contributed by atoms with van der Waals surface area (Å²) in [5.74, 6) is -0.327. The van der Waals surface area contributed by atoms with Crippen LogP contribution in [0.15, 0.2) is 35.4 Å². The van der Waals surface area contributed by atoms with Crippen molar-refractivity contribution < 1.29 is 31.5 Å². The topological polar surface area (TPSA) is 89.9 Å². The number of ether oxygens (including phenoxy) is 2. The summed E-state index contributed by atoms with van der Waals surface area (Å²) in [6.45, 7) is -1.79. The number of benzene rings is 1. The second-order valence-electron chi connectivity index (χ2n) is 7.15. The van der Waals surface area contributed by atoms with E-state index in [9.17, 15) is 22.0 Å². The highest BCUT2D eigenvalue weighted by Crippen LogP contribution is 2.29. The molecule has 1 saturated heterocycles. The number of amides is 1. The lowest BCUT2D eigenvalue weighted by Gasteiger charge is -2.13. The standard InChI is InChI=1S/C20H25F2N3O5S/c1-24-13-15(31(27,28)25-9-3-4-10-25)12-16(24)19(26)23-8-7-14-5-6-17(29-2)18(11-14)30-20(21)22/h5-6,11-13,20H,3-4,7-10H2,1-2H3,(H,23,26). The van der Waals surface area contributed by atoms with Crippen LogP contribution in [0.1, 0.15) is 28.9 Å². The molecule has 2 aromatic rings. The van der Waals surface area contributed by atoms with Gasteiger partial charge in [-0.05, 0) is 43.0 Å². The molecule has 0 unspecified atom stereocenters. The number of nitrogens with one attached hydrogen (secondary N) is 1. The Bertz CT molecular complexity index is 1030. The molecule has 1 aromatic heterocycles. The number of carbonyl (C=O) groups excluding carboxylic acids is 1. The van der Waals surface area contributed by atoms with Gasteiger partial charge < -0.3 is 19.4 Å². The number of alkyl halides is 2. The van der Waals surface area contributed by atoms with E-state index in [2.05, 4.69) is 10.1 Å². The summed E-state index contributed by atoms with van der Waals surface area (Å²) in [4.78, 5) is 12.6. The Hall–Kier alpha value is -2.66. The van der Waals surface area contributed by atoms with Crippen LogP contribution >= 0.6 is 0 Å². The Labute approximate surface area is 179 Å². The van der Waals surface area contributed by atoms with Crippen LogP contribution in [0.2, 0.25) is 0 Å². The van der Waals surface area contributed by atoms with Gasteiger partial charge in [-0.25, -0.2) is 8.42 Å². The fourth-order valence-corrected chi connectivity index (χ4v) is 5.04. The maximum atomic E-state index is 12.7. The summed E-state index contributed by atoms with van der Waals surface area (Å²) in [5, 5.41) is 2.72. The molecule has 1 aromatic carbocycles. The molecule has 1 amide bonds. The van der Waals surface area contributed by atoms with Gasteiger partial charge in [0.1, 0.15) is 10.6 Å². The predicted octanol–water partition coefficient (Wildman–Crippen LogP) is 2.39. The van der Waals surface area contributed by atoms with Crippen LogP contribution in [0.5, 0.6) is 11.5 Å². The highest BCUT2D eigenvalue weighted by atomic mass is 32.2. The van der Waals surface area contributed by atoms with Gasteiger partial charge in [0.05, 0.1) is 7.11 Å². The molecule has 0 aliphatic carbocycles. The lowest BCUT2D eigenvalue weighted by atomic mass is 10.1. The van der Waals surface area contributed by atoms with Crippen LogP contribution < -0.4 is 14.8 Å². The Balaban J connectivity index is 1.63. The zero-order valence-corrected chi connectivity index (χ0v) is 18.1. The van der Waals surface area contributed by atoms with Crippen LogP contribution in [0.25, 0.3) is 0 Å². The van der Waals surface area contributed by atoms with Crippen LogP contribution in [0.3, 0.4) is 0 Å². The van der Waals surface area contributed by atoms with Crippen molar-refractivity contribution in [3.05, 3.63) is 41.7 Å². The van der Waals surface area contributed by atoms with E-state index in [1.165, 1.54) is 40.4 Å². The quantitative estimate of drug-likeness (QED) is 0.625. The average Bonchev–Trinajstić information content (AvgIpc) is 3.38. The maximum absolute atomic E-state index is 12.7. The fourth-order valence-electron chi connectivity index (χ4n) is 3.45. The summed E-state index contributed by atoms with van der Waals surface area (Å²) in [7, 11) is -0.654. The molecule has 1 N–H and O–H groups in total. The second-order valence-corrected chi connectivity index (χ2v) is 9.09. The van der Waals surface area contributed by atoms with Gasteiger partial charge in [-0.3, -0.25) is 4.79 Å². The van der Waals surface area contributed by atoms with Crippen molar-refractivity contribution in [1.29, 1.82) is 0 Å². The minimum Gasteiger partial charge on any atom is -0.493 e. The number of rotatable bonds is 9. The number of aromatic nitrogens is 1. The number of hydrogen-bond acceptors (Lipinski definition) is 5. The van der Waals surface area contributed by atoms with Crippen molar-refractivity contribution in [1.82, 2.24) is 14.2 Å². The van der Waals surface area contributed by atoms with Gasteiger partial charge in [-0.1, -0.05) is 6.07 Å². The first-order chi connectivity index (χ1) is 14.7. The van der Waals surface area contributed by atoms with Crippen molar-refractivity contribution in [3.8, 4) is 11.5 Å². The molecule has 1 fully saturated rings. The molecule has 0 spiro atoms. The summed E-state index contributed by atoms with van der Waals surface area (Å²) in [5.41, 5.74) is 0.884. The molecule has 0 radical (unpaired) electrons. The van der Waals surface area contributed by atoms with Gasteiger partial charge in [0.25, 0.3) is 5.91 Å². The third-order valence-corrected chi connectivity index (χ3v) is 6.92. The lowest BCUT2D eigenvalue weighted by Crippen LogP contribution is -2.28. The molecule has 8 nitrogen and oxygen atoms in total. The third-order valence-electron chi connectivity index (χ3n) is 5.06. The summed E-state index contributed by atoms with van der Waals surface area (Å²) >= 11 is 0. The largest absolute Gasteiger partial charge is 0.493 e. The molecule has 2 heterocycles. The summed E-state index contributed by atoms with van der Waals surface area (Å²) < 4.78 is 62.8. The van der Waals surface area contributed by atoms with Gasteiger partial charge in [0, 0.05) is 32.9 Å². The first-order valence-corrected chi connectivity index (χ1v) is 11.2. The number of methoxy groups -OCH3 is 1. The molecule has 31 heavy (non-hydrogen) atoms. The second kappa shape index (κ2) is 9.65. The molecular weight excluding hydrogens is 432 g/mol. The average molecular weight is 457 g/mol. The van der Waals surface area contributed by atoms with Crippen LogP contribution in [-0.2, 0) is 23.5 Å². The fraction of sp³-hybridized carbons (Fsp3) is 0.450. The molecule has 1 aliphatic rings. The minimum atomic E-state index is -3.61. The Morgan fingerprint density at radius 2 is 1.90 bits per heavy atom. The summed E-state index contributed by atoms with van der Waals surface area (Å²) in [6, 6.07) is 6.00. The highest BCUT2D eigenvalue weighted by molar-refractivity contribution is 7.89. The number of sulfonamides is 1. The van der Waals surface area contributed by atoms with Crippen molar-refractivity contribution >= 4 is 15.9 Å². The Morgan fingerprint density at radius 1 is 1.19 bits per heavy atom. The molecule has 0 bridgehead atoms. The van der Waals surface area contributed by atoms with E-state index in [4.69, 9.17) is 4.74 Å². The molecule has 0 atom stereocenters. The molecule has 1 aliphatic heterocycles. The van der Waals surface area contributed by atoms with Crippen molar-refractivity contribution in [2.45, 2.75) is 30.8 Å². The minimum absolute atomic E-state index is 0.0828. The zero-order chi connectivity index (χ0) is 22.6. The third kappa shape index (κ3) is 5.34. The smallest absolute Gasteiger partial charge is 0.387 e. The highest BCUT2D eigenvalue weighted by Gasteiger charge is 2.29. The van der Waals surface area contributed by atoms with Crippen molar-refractivity contribution in [3.63, 3.8) is 0 Å². The lowest BCUT2D eigenvalue weighted by molar-refractivity contribution is -0.0512. The summed E-state index contributed by atoms with van der Waals surface area (Å²) in [6.07, 6.45) is 3.45. The SMILES string of the molecule is COc1ccc(CCNC(=O)c2cc(S(=O)(=O)N3CCCC3)cn2C)cc1OC(F)F. The van der Waals surface area contributed by atoms with E-state index in [-0.39, 0.29) is 28.6 Å². The number of halogens is 2. The Kier molecular flexibility index (Phi) is 7.16. The van der Waals surface area contributed by atoms with Crippen LogP contribution in [0.4, 0.5) is 8.78 Å². The van der Waals surface area contributed by atoms with Gasteiger partial charge in [0.15, 0.2) is 11.5 Å². The first kappa shape index (κ1) is 23.0. The normalized spacial score (nSPS) is 14.7. The number of hydrogen-bond donors (Lipinski definition) is 1. The van der Waals surface area contributed by atoms with Gasteiger partial charge in [-0.15, -0.1) is 0 Å². The number of nitrogens with zero attached hydrogens (tertiary/aromatic N) is 2. The Morgan fingerprint density at radius 3 is 2.55 bits per heavy atom. The van der Waals surface area contributed by atoms with E-state index in [1.54, 1.807) is 13.1 Å². The maximum Gasteiger partial charge on any atom is 0.387 e. The van der Waals surface area contributed by atoms with Crippen LogP contribution in [0, 0.1) is 0 Å². The number of carbonyl (C=O) groups is 1. The molecular formula is C20H25F2N3O5S. The monoisotopic (exact) mass is 457 g/mol. The predicted molar refractivity (Wildman–Crippen MR) is 109 cm³/mol. The van der Waals surface area contributed by atoms with Crippen LogP contribution in [-0.4, -0.2) is 56.6 Å². The molecule has 170 valence electrons. The van der Waals surface area contributed by atoms with E-state index >= 15 is 0 Å². The van der Waals surface area contributed by atoms with E-state index in [0.29, 0.717) is 25.1 Å². The van der Waals surface area contributed by atoms with E-state index in [0.717, 1.165) is 12.8 Å². The van der Waals surface area contributed by atoms with Crippen molar-refractivity contribution in [2.75, 3.05) is 26.7 Å². The van der Waals surface area contributed by atoms with Gasteiger partial charge in [0.2, 0.25) is 10.0 Å². The molecule has 3 rings (SSSR count). The van der Waals surface area contributed by atoms with E-state index < -0.39 is 22.5 Å². The number of aryl methyl sites for hydroxylation is 1. The molecule has 0 saturated carbocycles. The van der Waals surface area contributed by atoms with Gasteiger partial charge >= 0.3 is 6.61 Å². The first-order valence-electron chi connectivity index (χ1n) is 9.79.